The van der Waals surface area contributed by atoms with Crippen LogP contribution in [-0.4, -0.2) is 19.7 Å². The summed E-state index contributed by atoms with van der Waals surface area (Å²) in [4.78, 5) is 11.9. The Labute approximate surface area is 130 Å². The van der Waals surface area contributed by atoms with Crippen molar-refractivity contribution in [3.63, 3.8) is 0 Å². The maximum Gasteiger partial charge on any atom is 0.338 e. The average Bonchev–Trinajstić information content (AvgIpc) is 2.58. The predicted molar refractivity (Wildman–Crippen MR) is 84.3 cm³/mol. The molecule has 2 aromatic rings. The van der Waals surface area contributed by atoms with Gasteiger partial charge in [-0.3, -0.25) is 0 Å². The highest BCUT2D eigenvalue weighted by Crippen LogP contribution is 2.29. The first-order valence-electron chi connectivity index (χ1n) is 7.26. The fraction of sp³-hybridized carbons (Fsp3) is 0.278. The molecule has 0 radical (unpaired) electrons. The Morgan fingerprint density at radius 1 is 1.05 bits per heavy atom. The highest BCUT2D eigenvalue weighted by molar-refractivity contribution is 5.90. The van der Waals surface area contributed by atoms with Gasteiger partial charge in [0.05, 0.1) is 19.3 Å². The Kier molecular flexibility index (Phi) is 5.83. The number of ether oxygens (including phenoxy) is 3. The molecule has 2 aromatic carbocycles. The van der Waals surface area contributed by atoms with Crippen LogP contribution in [0.2, 0.25) is 0 Å². The number of rotatable bonds is 7. The van der Waals surface area contributed by atoms with Crippen molar-refractivity contribution in [2.24, 2.45) is 0 Å². The van der Waals surface area contributed by atoms with Gasteiger partial charge in [0, 0.05) is 0 Å². The van der Waals surface area contributed by atoms with Gasteiger partial charge in [0.1, 0.15) is 6.61 Å². The van der Waals surface area contributed by atoms with Gasteiger partial charge in [-0.2, -0.15) is 0 Å². The van der Waals surface area contributed by atoms with Gasteiger partial charge in [0.2, 0.25) is 0 Å². The number of methoxy groups -OCH3 is 1. The number of carbonyl (C=O) groups is 1. The maximum absolute atomic E-state index is 11.9. The van der Waals surface area contributed by atoms with Gasteiger partial charge >= 0.3 is 5.97 Å². The standard InChI is InChI=1S/C18H20O4/c1-3-11-21-18(19)15-9-10-16(20-2)17(12-15)22-13-14-7-5-4-6-8-14/h4-10,12H,3,11,13H2,1-2H3. The molecule has 0 aliphatic rings. The quantitative estimate of drug-likeness (QED) is 0.729. The van der Waals surface area contributed by atoms with E-state index in [9.17, 15) is 4.79 Å². The summed E-state index contributed by atoms with van der Waals surface area (Å²) in [6, 6.07) is 14.9. The third-order valence-electron chi connectivity index (χ3n) is 3.07. The first kappa shape index (κ1) is 15.9. The minimum Gasteiger partial charge on any atom is -0.493 e. The molecule has 0 aromatic heterocycles. The Morgan fingerprint density at radius 3 is 2.50 bits per heavy atom. The molecule has 2 rings (SSSR count). The molecule has 0 bridgehead atoms. The van der Waals surface area contributed by atoms with Crippen LogP contribution in [0.15, 0.2) is 48.5 Å². The van der Waals surface area contributed by atoms with Gasteiger partial charge in [-0.15, -0.1) is 0 Å². The SMILES string of the molecule is CCCOC(=O)c1ccc(OC)c(OCc2ccccc2)c1. The topological polar surface area (TPSA) is 44.8 Å². The van der Waals surface area contributed by atoms with Gasteiger partial charge in [-0.1, -0.05) is 37.3 Å². The lowest BCUT2D eigenvalue weighted by Gasteiger charge is -2.12. The fourth-order valence-electron chi connectivity index (χ4n) is 1.93. The second-order valence-corrected chi connectivity index (χ2v) is 4.78. The van der Waals surface area contributed by atoms with Crippen LogP contribution >= 0.6 is 0 Å². The minimum atomic E-state index is -0.353. The zero-order valence-corrected chi connectivity index (χ0v) is 12.9. The van der Waals surface area contributed by atoms with Crippen molar-refractivity contribution in [2.75, 3.05) is 13.7 Å². The highest BCUT2D eigenvalue weighted by atomic mass is 16.5. The molecular weight excluding hydrogens is 280 g/mol. The number of esters is 1. The van der Waals surface area contributed by atoms with E-state index in [4.69, 9.17) is 14.2 Å². The van der Waals surface area contributed by atoms with E-state index in [-0.39, 0.29) is 5.97 Å². The van der Waals surface area contributed by atoms with Gasteiger partial charge in [0.25, 0.3) is 0 Å². The van der Waals surface area contributed by atoms with Crippen molar-refractivity contribution in [2.45, 2.75) is 20.0 Å². The van der Waals surface area contributed by atoms with Crippen LogP contribution in [0.4, 0.5) is 0 Å². The summed E-state index contributed by atoms with van der Waals surface area (Å²) >= 11 is 0. The predicted octanol–water partition coefficient (Wildman–Crippen LogP) is 3.84. The van der Waals surface area contributed by atoms with Crippen LogP contribution < -0.4 is 9.47 Å². The maximum atomic E-state index is 11.9. The minimum absolute atomic E-state index is 0.353. The van der Waals surface area contributed by atoms with Crippen molar-refractivity contribution < 1.29 is 19.0 Å². The van der Waals surface area contributed by atoms with E-state index in [0.717, 1.165) is 12.0 Å². The molecular formula is C18H20O4. The van der Waals surface area contributed by atoms with Gasteiger partial charge in [-0.25, -0.2) is 4.79 Å². The third-order valence-corrected chi connectivity index (χ3v) is 3.07. The van der Waals surface area contributed by atoms with E-state index in [0.29, 0.717) is 30.3 Å². The number of hydrogen-bond donors (Lipinski definition) is 0. The average molecular weight is 300 g/mol. The van der Waals surface area contributed by atoms with E-state index in [2.05, 4.69) is 0 Å². The molecule has 0 saturated heterocycles. The van der Waals surface area contributed by atoms with Gasteiger partial charge in [-0.05, 0) is 30.2 Å². The van der Waals surface area contributed by atoms with E-state index < -0.39 is 0 Å². The number of carbonyl (C=O) groups excluding carboxylic acids is 1. The van der Waals surface area contributed by atoms with Gasteiger partial charge in [0.15, 0.2) is 11.5 Å². The van der Waals surface area contributed by atoms with E-state index >= 15 is 0 Å². The molecule has 0 fully saturated rings. The second-order valence-electron chi connectivity index (χ2n) is 4.78. The van der Waals surface area contributed by atoms with Crippen LogP contribution in [0.3, 0.4) is 0 Å². The summed E-state index contributed by atoms with van der Waals surface area (Å²) in [7, 11) is 1.57. The van der Waals surface area contributed by atoms with E-state index in [1.807, 2.05) is 37.3 Å². The van der Waals surface area contributed by atoms with Crippen molar-refractivity contribution in [3.05, 3.63) is 59.7 Å². The second kappa shape index (κ2) is 8.08. The monoisotopic (exact) mass is 300 g/mol. The lowest BCUT2D eigenvalue weighted by Crippen LogP contribution is -2.07. The fourth-order valence-corrected chi connectivity index (χ4v) is 1.93. The summed E-state index contributed by atoms with van der Waals surface area (Å²) in [6.45, 7) is 2.77. The molecule has 0 amide bonds. The molecule has 0 saturated carbocycles. The lowest BCUT2D eigenvalue weighted by atomic mass is 10.2. The Bertz CT molecular complexity index is 608. The summed E-state index contributed by atoms with van der Waals surface area (Å²) in [5.41, 5.74) is 1.50. The van der Waals surface area contributed by atoms with Crippen LogP contribution in [-0.2, 0) is 11.3 Å². The zero-order valence-electron chi connectivity index (χ0n) is 12.9. The van der Waals surface area contributed by atoms with E-state index in [1.165, 1.54) is 0 Å². The highest BCUT2D eigenvalue weighted by Gasteiger charge is 2.12. The summed E-state index contributed by atoms with van der Waals surface area (Å²) in [5, 5.41) is 0. The number of benzene rings is 2. The Morgan fingerprint density at radius 2 is 1.82 bits per heavy atom. The van der Waals surface area contributed by atoms with Crippen LogP contribution in [0.1, 0.15) is 29.3 Å². The number of hydrogen-bond acceptors (Lipinski definition) is 4. The first-order chi connectivity index (χ1) is 10.7. The molecule has 22 heavy (non-hydrogen) atoms. The Hall–Kier alpha value is -2.49. The zero-order chi connectivity index (χ0) is 15.8. The van der Waals surface area contributed by atoms with Crippen molar-refractivity contribution in [1.82, 2.24) is 0 Å². The summed E-state index contributed by atoms with van der Waals surface area (Å²) in [6.07, 6.45) is 0.791. The third kappa shape index (κ3) is 4.25. The molecule has 0 heterocycles. The van der Waals surface area contributed by atoms with E-state index in [1.54, 1.807) is 25.3 Å². The molecule has 0 N–H and O–H groups in total. The first-order valence-corrected chi connectivity index (χ1v) is 7.26. The molecule has 0 unspecified atom stereocenters. The molecule has 116 valence electrons. The van der Waals surface area contributed by atoms with Crippen LogP contribution in [0.25, 0.3) is 0 Å². The molecule has 0 aliphatic heterocycles. The van der Waals surface area contributed by atoms with Crippen molar-refractivity contribution >= 4 is 5.97 Å². The molecule has 0 spiro atoms. The van der Waals surface area contributed by atoms with Crippen LogP contribution in [0.5, 0.6) is 11.5 Å². The normalized spacial score (nSPS) is 10.1. The Balaban J connectivity index is 2.12. The summed E-state index contributed by atoms with van der Waals surface area (Å²) in [5.74, 6) is 0.759. The smallest absolute Gasteiger partial charge is 0.338 e. The molecule has 4 nitrogen and oxygen atoms in total. The van der Waals surface area contributed by atoms with Crippen molar-refractivity contribution in [1.29, 1.82) is 0 Å². The van der Waals surface area contributed by atoms with Crippen LogP contribution in [0, 0.1) is 0 Å². The largest absolute Gasteiger partial charge is 0.493 e. The summed E-state index contributed by atoms with van der Waals surface area (Å²) < 4.78 is 16.2. The van der Waals surface area contributed by atoms with Gasteiger partial charge < -0.3 is 14.2 Å². The van der Waals surface area contributed by atoms with Crippen molar-refractivity contribution in [3.8, 4) is 11.5 Å². The molecule has 4 heteroatoms. The lowest BCUT2D eigenvalue weighted by molar-refractivity contribution is 0.0504. The molecule has 0 atom stereocenters. The molecule has 0 aliphatic carbocycles.